The van der Waals surface area contributed by atoms with Crippen molar-refractivity contribution in [2.45, 2.75) is 57.8 Å². The highest BCUT2D eigenvalue weighted by Crippen LogP contribution is 2.61. The highest BCUT2D eigenvalue weighted by Gasteiger charge is 2.58. The molecule has 0 bridgehead atoms. The molecular formula is C25H38N2O2. The molecule has 1 aromatic rings. The minimum atomic E-state index is 0.341. The fourth-order valence-electron chi connectivity index (χ4n) is 5.83. The Balaban J connectivity index is 1.18. The molecule has 1 saturated heterocycles. The molecule has 4 rings (SSSR count). The van der Waals surface area contributed by atoms with Gasteiger partial charge >= 0.3 is 0 Å². The van der Waals surface area contributed by atoms with Gasteiger partial charge in [0.15, 0.2) is 0 Å². The molecule has 3 fully saturated rings. The van der Waals surface area contributed by atoms with Gasteiger partial charge in [-0.25, -0.2) is 0 Å². The standard InChI is InChI=1S/C25H38N2O2/c1-26(24(28)22-18-25(22)13-6-3-7-14-25)19-20-10-15-27(16-11-20)17-12-21-8-4-5-9-23(21)29-2/h4-5,8-9,20,22H,3,6-7,10-19H2,1-2H3/t22-/m0/s1. The van der Waals surface area contributed by atoms with Crippen molar-refractivity contribution in [2.75, 3.05) is 40.3 Å². The predicted octanol–water partition coefficient (Wildman–Crippen LogP) is 4.38. The number of carbonyl (C=O) groups is 1. The summed E-state index contributed by atoms with van der Waals surface area (Å²) in [6.07, 6.45) is 11.2. The lowest BCUT2D eigenvalue weighted by atomic mass is 9.84. The zero-order chi connectivity index (χ0) is 20.3. The molecule has 3 aliphatic rings. The fraction of sp³-hybridized carbons (Fsp3) is 0.720. The fourth-order valence-corrected chi connectivity index (χ4v) is 5.83. The van der Waals surface area contributed by atoms with Gasteiger partial charge in [0.05, 0.1) is 7.11 Å². The minimum absolute atomic E-state index is 0.341. The molecule has 1 atom stereocenters. The van der Waals surface area contributed by atoms with Crippen LogP contribution in [0.5, 0.6) is 5.75 Å². The van der Waals surface area contributed by atoms with Crippen molar-refractivity contribution in [1.29, 1.82) is 0 Å². The van der Waals surface area contributed by atoms with Gasteiger partial charge in [-0.1, -0.05) is 37.5 Å². The molecule has 29 heavy (non-hydrogen) atoms. The van der Waals surface area contributed by atoms with E-state index in [9.17, 15) is 4.79 Å². The number of carbonyl (C=O) groups excluding carboxylic acids is 1. The van der Waals surface area contributed by atoms with Crippen LogP contribution in [-0.2, 0) is 11.2 Å². The molecular weight excluding hydrogens is 360 g/mol. The van der Waals surface area contributed by atoms with Crippen LogP contribution in [0.15, 0.2) is 24.3 Å². The maximum Gasteiger partial charge on any atom is 0.226 e. The Morgan fingerprint density at radius 2 is 1.90 bits per heavy atom. The topological polar surface area (TPSA) is 32.8 Å². The Morgan fingerprint density at radius 3 is 2.62 bits per heavy atom. The summed E-state index contributed by atoms with van der Waals surface area (Å²) in [7, 11) is 3.80. The Hall–Kier alpha value is -1.55. The molecule has 1 aromatic carbocycles. The first-order chi connectivity index (χ1) is 14.1. The van der Waals surface area contributed by atoms with Gasteiger partial charge in [0.25, 0.3) is 0 Å². The van der Waals surface area contributed by atoms with E-state index < -0.39 is 0 Å². The molecule has 160 valence electrons. The number of nitrogens with zero attached hydrogens (tertiary/aromatic N) is 2. The number of methoxy groups -OCH3 is 1. The molecule has 0 N–H and O–H groups in total. The van der Waals surface area contributed by atoms with Crippen LogP contribution in [0.25, 0.3) is 0 Å². The number of rotatable bonds is 7. The van der Waals surface area contributed by atoms with Gasteiger partial charge in [0, 0.05) is 26.1 Å². The molecule has 0 aromatic heterocycles. The molecule has 2 saturated carbocycles. The summed E-state index contributed by atoms with van der Waals surface area (Å²) in [5.41, 5.74) is 1.70. The van der Waals surface area contributed by atoms with E-state index in [-0.39, 0.29) is 0 Å². The van der Waals surface area contributed by atoms with Gasteiger partial charge in [-0.05, 0) is 74.6 Å². The summed E-state index contributed by atoms with van der Waals surface area (Å²) < 4.78 is 5.48. The third-order valence-electron chi connectivity index (χ3n) is 7.84. The Labute approximate surface area is 176 Å². The van der Waals surface area contributed by atoms with Gasteiger partial charge in [-0.2, -0.15) is 0 Å². The third-order valence-corrected chi connectivity index (χ3v) is 7.84. The van der Waals surface area contributed by atoms with Crippen LogP contribution in [0.4, 0.5) is 0 Å². The molecule has 1 amide bonds. The van der Waals surface area contributed by atoms with Crippen LogP contribution in [-0.4, -0.2) is 56.0 Å². The van der Waals surface area contributed by atoms with Crippen LogP contribution in [0, 0.1) is 17.3 Å². The lowest BCUT2D eigenvalue weighted by Crippen LogP contribution is -2.40. The number of amides is 1. The Morgan fingerprint density at radius 1 is 1.17 bits per heavy atom. The van der Waals surface area contributed by atoms with E-state index in [1.807, 2.05) is 19.2 Å². The van der Waals surface area contributed by atoms with E-state index in [4.69, 9.17) is 4.74 Å². The molecule has 1 aliphatic heterocycles. The second kappa shape index (κ2) is 9.07. The zero-order valence-corrected chi connectivity index (χ0v) is 18.4. The summed E-state index contributed by atoms with van der Waals surface area (Å²) in [5, 5.41) is 0. The lowest BCUT2D eigenvalue weighted by Gasteiger charge is -2.34. The maximum absolute atomic E-state index is 12.9. The maximum atomic E-state index is 12.9. The highest BCUT2D eigenvalue weighted by molar-refractivity contribution is 5.82. The second-order valence-corrected chi connectivity index (χ2v) is 9.75. The molecule has 0 unspecified atom stereocenters. The monoisotopic (exact) mass is 398 g/mol. The van der Waals surface area contributed by atoms with E-state index >= 15 is 0 Å². The molecule has 1 spiro atoms. The lowest BCUT2D eigenvalue weighted by molar-refractivity contribution is -0.133. The van der Waals surface area contributed by atoms with E-state index in [1.165, 1.54) is 50.5 Å². The van der Waals surface area contributed by atoms with Crippen molar-refractivity contribution in [3.8, 4) is 5.75 Å². The second-order valence-electron chi connectivity index (χ2n) is 9.75. The summed E-state index contributed by atoms with van der Waals surface area (Å²) >= 11 is 0. The van der Waals surface area contributed by atoms with Crippen molar-refractivity contribution in [2.24, 2.45) is 17.3 Å². The number of benzene rings is 1. The summed E-state index contributed by atoms with van der Waals surface area (Å²) in [6.45, 7) is 4.34. The van der Waals surface area contributed by atoms with Crippen LogP contribution in [0.2, 0.25) is 0 Å². The minimum Gasteiger partial charge on any atom is -0.496 e. The summed E-state index contributed by atoms with van der Waals surface area (Å²) in [4.78, 5) is 17.6. The van der Waals surface area contributed by atoms with Crippen molar-refractivity contribution < 1.29 is 9.53 Å². The molecule has 1 heterocycles. The number of likely N-dealkylation sites (tertiary alicyclic amines) is 1. The summed E-state index contributed by atoms with van der Waals surface area (Å²) in [6, 6.07) is 8.34. The van der Waals surface area contributed by atoms with Crippen molar-refractivity contribution in [1.82, 2.24) is 9.80 Å². The first kappa shape index (κ1) is 20.7. The van der Waals surface area contributed by atoms with Crippen molar-refractivity contribution in [3.63, 3.8) is 0 Å². The van der Waals surface area contributed by atoms with Crippen LogP contribution in [0.3, 0.4) is 0 Å². The van der Waals surface area contributed by atoms with E-state index in [0.717, 1.165) is 44.8 Å². The predicted molar refractivity (Wildman–Crippen MR) is 117 cm³/mol. The van der Waals surface area contributed by atoms with E-state index in [0.29, 0.717) is 23.2 Å². The largest absolute Gasteiger partial charge is 0.496 e. The summed E-state index contributed by atoms with van der Waals surface area (Å²) in [5.74, 6) is 2.44. The average Bonchev–Trinajstić information content (AvgIpc) is 3.45. The van der Waals surface area contributed by atoms with Gasteiger partial charge < -0.3 is 14.5 Å². The number of para-hydroxylation sites is 1. The quantitative estimate of drug-likeness (QED) is 0.683. The van der Waals surface area contributed by atoms with Crippen molar-refractivity contribution >= 4 is 5.91 Å². The number of piperidine rings is 1. The van der Waals surface area contributed by atoms with Crippen LogP contribution < -0.4 is 4.74 Å². The Kier molecular flexibility index (Phi) is 6.48. The molecule has 4 heteroatoms. The van der Waals surface area contributed by atoms with E-state index in [2.05, 4.69) is 21.9 Å². The normalized spacial score (nSPS) is 24.4. The first-order valence-corrected chi connectivity index (χ1v) is 11.7. The van der Waals surface area contributed by atoms with Gasteiger partial charge in [-0.15, -0.1) is 0 Å². The first-order valence-electron chi connectivity index (χ1n) is 11.7. The molecule has 2 aliphatic carbocycles. The van der Waals surface area contributed by atoms with Gasteiger partial charge in [0.2, 0.25) is 5.91 Å². The van der Waals surface area contributed by atoms with Crippen molar-refractivity contribution in [3.05, 3.63) is 29.8 Å². The SMILES string of the molecule is COc1ccccc1CCN1CCC(CN(C)C(=O)[C@@H]2CC23CCCCC3)CC1. The van der Waals surface area contributed by atoms with Gasteiger partial charge in [0.1, 0.15) is 5.75 Å². The number of ether oxygens (including phenoxy) is 1. The van der Waals surface area contributed by atoms with Gasteiger partial charge in [-0.3, -0.25) is 4.79 Å². The smallest absolute Gasteiger partial charge is 0.226 e. The number of hydrogen-bond acceptors (Lipinski definition) is 3. The van der Waals surface area contributed by atoms with E-state index in [1.54, 1.807) is 7.11 Å². The highest BCUT2D eigenvalue weighted by atomic mass is 16.5. The zero-order valence-electron chi connectivity index (χ0n) is 18.4. The van der Waals surface area contributed by atoms with Crippen LogP contribution >= 0.6 is 0 Å². The number of hydrogen-bond donors (Lipinski definition) is 0. The average molecular weight is 399 g/mol. The Bertz CT molecular complexity index is 690. The third kappa shape index (κ3) is 4.79. The molecule has 0 radical (unpaired) electrons. The molecule has 4 nitrogen and oxygen atoms in total. The van der Waals surface area contributed by atoms with Crippen LogP contribution in [0.1, 0.15) is 56.9 Å².